The monoisotopic (exact) mass is 431 g/mol. The molecule has 0 saturated carbocycles. The van der Waals surface area contributed by atoms with Crippen molar-refractivity contribution in [2.24, 2.45) is 5.41 Å². The van der Waals surface area contributed by atoms with Crippen molar-refractivity contribution < 1.29 is 27.0 Å². The molecule has 1 aliphatic heterocycles. The van der Waals surface area contributed by atoms with Gasteiger partial charge in [0.25, 0.3) is 0 Å². The van der Waals surface area contributed by atoms with Crippen LogP contribution in [0.15, 0.2) is 18.2 Å². The van der Waals surface area contributed by atoms with E-state index in [9.17, 15) is 12.8 Å². The van der Waals surface area contributed by atoms with Gasteiger partial charge in [0.05, 0.1) is 25.6 Å². The first-order valence-corrected chi connectivity index (χ1v) is 11.8. The second-order valence-corrected chi connectivity index (χ2v) is 10.6. The zero-order valence-electron chi connectivity index (χ0n) is 17.9. The maximum Gasteiger partial charge on any atom is 0.212 e. The summed E-state index contributed by atoms with van der Waals surface area (Å²) in [6.45, 7) is 10.1. The molecule has 166 valence electrons. The molecular formula is C21H34FNO5S. The van der Waals surface area contributed by atoms with Gasteiger partial charge in [0, 0.05) is 25.5 Å². The summed E-state index contributed by atoms with van der Waals surface area (Å²) in [6, 6.07) is 3.97. The van der Waals surface area contributed by atoms with E-state index in [1.807, 2.05) is 0 Å². The van der Waals surface area contributed by atoms with Crippen LogP contribution in [-0.2, 0) is 19.5 Å². The van der Waals surface area contributed by atoms with E-state index in [4.69, 9.17) is 14.2 Å². The van der Waals surface area contributed by atoms with E-state index in [0.29, 0.717) is 51.3 Å². The zero-order chi connectivity index (χ0) is 21.5. The van der Waals surface area contributed by atoms with E-state index < -0.39 is 21.9 Å². The number of nitrogens with one attached hydrogen (secondary N) is 1. The topological polar surface area (TPSA) is 73.9 Å². The molecule has 0 unspecified atom stereocenters. The normalized spacial score (nSPS) is 17.3. The van der Waals surface area contributed by atoms with Gasteiger partial charge in [-0.2, -0.15) is 0 Å². The van der Waals surface area contributed by atoms with Crippen LogP contribution in [0.25, 0.3) is 0 Å². The lowest BCUT2D eigenvalue weighted by atomic mass is 9.99. The molecule has 0 aromatic heterocycles. The van der Waals surface area contributed by atoms with Crippen molar-refractivity contribution in [3.05, 3.63) is 29.6 Å². The SMILES string of the molecule is C[C@@H](NS(=O)(=O)CCCOCC(C)(C)C)c1ccc(F)c(OC2CCOCC2)c1. The van der Waals surface area contributed by atoms with Gasteiger partial charge in [0.15, 0.2) is 11.6 Å². The fraction of sp³-hybridized carbons (Fsp3) is 0.714. The third kappa shape index (κ3) is 8.99. The van der Waals surface area contributed by atoms with Gasteiger partial charge < -0.3 is 14.2 Å². The number of hydrogen-bond donors (Lipinski definition) is 1. The predicted molar refractivity (Wildman–Crippen MR) is 111 cm³/mol. The summed E-state index contributed by atoms with van der Waals surface area (Å²) < 4.78 is 58.1. The minimum atomic E-state index is -3.48. The number of ether oxygens (including phenoxy) is 3. The molecule has 1 aliphatic rings. The Balaban J connectivity index is 1.88. The molecule has 1 N–H and O–H groups in total. The summed E-state index contributed by atoms with van der Waals surface area (Å²) in [5.74, 6) is -0.323. The summed E-state index contributed by atoms with van der Waals surface area (Å²) in [5, 5.41) is 0. The molecule has 0 radical (unpaired) electrons. The average Bonchev–Trinajstić information content (AvgIpc) is 2.62. The first-order valence-electron chi connectivity index (χ1n) is 10.2. The maximum absolute atomic E-state index is 14.1. The van der Waals surface area contributed by atoms with Gasteiger partial charge in [-0.25, -0.2) is 17.5 Å². The quantitative estimate of drug-likeness (QED) is 0.570. The number of hydrogen-bond acceptors (Lipinski definition) is 5. The molecule has 1 atom stereocenters. The Morgan fingerprint density at radius 3 is 2.62 bits per heavy atom. The highest BCUT2D eigenvalue weighted by Gasteiger charge is 2.20. The molecule has 1 fully saturated rings. The molecule has 2 rings (SSSR count). The molecule has 1 aromatic rings. The van der Waals surface area contributed by atoms with Crippen LogP contribution < -0.4 is 9.46 Å². The van der Waals surface area contributed by atoms with Gasteiger partial charge in [-0.1, -0.05) is 26.8 Å². The molecule has 1 aromatic carbocycles. The van der Waals surface area contributed by atoms with Crippen LogP contribution >= 0.6 is 0 Å². The van der Waals surface area contributed by atoms with Crippen molar-refractivity contribution in [1.29, 1.82) is 0 Å². The molecule has 0 bridgehead atoms. The van der Waals surface area contributed by atoms with Gasteiger partial charge >= 0.3 is 0 Å². The van der Waals surface area contributed by atoms with E-state index in [0.717, 1.165) is 0 Å². The number of rotatable bonds is 10. The minimum absolute atomic E-state index is 0.0197. The first kappa shape index (κ1) is 24.1. The predicted octanol–water partition coefficient (Wildman–Crippen LogP) is 3.82. The Morgan fingerprint density at radius 2 is 1.97 bits per heavy atom. The van der Waals surface area contributed by atoms with Crippen molar-refractivity contribution in [2.75, 3.05) is 32.2 Å². The summed E-state index contributed by atoms with van der Waals surface area (Å²) in [4.78, 5) is 0. The second-order valence-electron chi connectivity index (χ2n) is 8.74. The van der Waals surface area contributed by atoms with Crippen LogP contribution in [0.1, 0.15) is 58.6 Å². The van der Waals surface area contributed by atoms with Crippen LogP contribution in [0.4, 0.5) is 4.39 Å². The summed E-state index contributed by atoms with van der Waals surface area (Å²) in [6.07, 6.45) is 1.75. The maximum atomic E-state index is 14.1. The molecule has 1 heterocycles. The van der Waals surface area contributed by atoms with Crippen LogP contribution in [0.3, 0.4) is 0 Å². The number of halogens is 1. The largest absolute Gasteiger partial charge is 0.487 e. The Kier molecular flexibility index (Phi) is 8.88. The molecule has 29 heavy (non-hydrogen) atoms. The Hall–Kier alpha value is -1.22. The van der Waals surface area contributed by atoms with Crippen LogP contribution in [0.2, 0.25) is 0 Å². The van der Waals surface area contributed by atoms with Crippen LogP contribution in [0.5, 0.6) is 5.75 Å². The third-order valence-electron chi connectivity index (χ3n) is 4.51. The standard InChI is InChI=1S/C21H34FNO5S/c1-16(23-29(24,25)13-5-10-27-15-21(2,3)4)17-6-7-19(22)20(14-17)28-18-8-11-26-12-9-18/h6-7,14,16,18,23H,5,8-13,15H2,1-4H3/t16-/m1/s1. The molecule has 0 spiro atoms. The minimum Gasteiger partial charge on any atom is -0.487 e. The highest BCUT2D eigenvalue weighted by molar-refractivity contribution is 7.89. The molecule has 0 amide bonds. The van der Waals surface area contributed by atoms with Gasteiger partial charge in [0.1, 0.15) is 6.10 Å². The van der Waals surface area contributed by atoms with E-state index in [-0.39, 0.29) is 23.0 Å². The van der Waals surface area contributed by atoms with Crippen molar-refractivity contribution in [3.8, 4) is 5.75 Å². The lowest BCUT2D eigenvalue weighted by Gasteiger charge is -2.24. The van der Waals surface area contributed by atoms with E-state index in [1.54, 1.807) is 19.1 Å². The lowest BCUT2D eigenvalue weighted by Crippen LogP contribution is -2.30. The third-order valence-corrected chi connectivity index (χ3v) is 6.05. The molecular weight excluding hydrogens is 397 g/mol. The van der Waals surface area contributed by atoms with Crippen molar-refractivity contribution in [1.82, 2.24) is 4.72 Å². The second kappa shape index (κ2) is 10.7. The Bertz CT molecular complexity index is 742. The highest BCUT2D eigenvalue weighted by atomic mass is 32.2. The van der Waals surface area contributed by atoms with E-state index in [1.165, 1.54) is 6.07 Å². The first-order chi connectivity index (χ1) is 13.6. The Morgan fingerprint density at radius 1 is 1.28 bits per heavy atom. The van der Waals surface area contributed by atoms with E-state index in [2.05, 4.69) is 25.5 Å². The van der Waals surface area contributed by atoms with Gasteiger partial charge in [-0.15, -0.1) is 0 Å². The van der Waals surface area contributed by atoms with Gasteiger partial charge in [-0.3, -0.25) is 0 Å². The molecule has 0 aliphatic carbocycles. The van der Waals surface area contributed by atoms with Crippen LogP contribution in [-0.4, -0.2) is 46.7 Å². The van der Waals surface area contributed by atoms with Gasteiger partial charge in [-0.05, 0) is 36.5 Å². The zero-order valence-corrected chi connectivity index (χ0v) is 18.7. The van der Waals surface area contributed by atoms with Gasteiger partial charge in [0.2, 0.25) is 10.0 Å². The molecule has 1 saturated heterocycles. The highest BCUT2D eigenvalue weighted by Crippen LogP contribution is 2.26. The van der Waals surface area contributed by atoms with Crippen molar-refractivity contribution >= 4 is 10.0 Å². The number of sulfonamides is 1. The summed E-state index contributed by atoms with van der Waals surface area (Å²) >= 11 is 0. The average molecular weight is 432 g/mol. The smallest absolute Gasteiger partial charge is 0.212 e. The fourth-order valence-electron chi connectivity index (χ4n) is 2.98. The molecule has 6 nitrogen and oxygen atoms in total. The summed E-state index contributed by atoms with van der Waals surface area (Å²) in [7, 11) is -3.48. The fourth-order valence-corrected chi connectivity index (χ4v) is 4.27. The Labute approximate surface area is 174 Å². The van der Waals surface area contributed by atoms with Crippen molar-refractivity contribution in [3.63, 3.8) is 0 Å². The lowest BCUT2D eigenvalue weighted by molar-refractivity contribution is 0.0240. The van der Waals surface area contributed by atoms with Crippen molar-refractivity contribution in [2.45, 2.75) is 59.1 Å². The van der Waals surface area contributed by atoms with E-state index >= 15 is 0 Å². The summed E-state index contributed by atoms with van der Waals surface area (Å²) in [5.41, 5.74) is 0.708. The van der Waals surface area contributed by atoms with Crippen LogP contribution in [0, 0.1) is 11.2 Å². The number of benzene rings is 1. The molecule has 8 heteroatoms.